The Hall–Kier alpha value is -0.800. The average molecular weight is 395 g/mol. The van der Waals surface area contributed by atoms with Crippen molar-refractivity contribution >= 4 is 37.5 Å². The standard InChI is InChI=1S/C17H17Br2N/c1-11-5-7-12(8-6-11)16(13-9-10-13)20-17-14(18)3-2-4-15(17)19/h2-8,13,16,20H,9-10H2,1H3. The molecule has 0 saturated heterocycles. The fourth-order valence-electron chi connectivity index (χ4n) is 2.47. The molecule has 0 aromatic heterocycles. The second-order valence-electron chi connectivity index (χ2n) is 5.47. The van der Waals surface area contributed by atoms with E-state index in [4.69, 9.17) is 0 Å². The first-order valence-electron chi connectivity index (χ1n) is 6.92. The first kappa shape index (κ1) is 14.2. The van der Waals surface area contributed by atoms with Gasteiger partial charge in [-0.15, -0.1) is 0 Å². The zero-order valence-corrected chi connectivity index (χ0v) is 14.5. The number of halogens is 2. The number of nitrogens with one attached hydrogen (secondary N) is 1. The number of benzene rings is 2. The molecule has 2 aromatic carbocycles. The zero-order valence-electron chi connectivity index (χ0n) is 11.4. The number of hydrogen-bond acceptors (Lipinski definition) is 1. The third-order valence-corrected chi connectivity index (χ3v) is 5.11. The molecule has 1 aliphatic rings. The van der Waals surface area contributed by atoms with Crippen LogP contribution in [-0.4, -0.2) is 0 Å². The van der Waals surface area contributed by atoms with Gasteiger partial charge >= 0.3 is 0 Å². The van der Waals surface area contributed by atoms with Crippen molar-refractivity contribution in [2.24, 2.45) is 5.92 Å². The third-order valence-electron chi connectivity index (χ3n) is 3.79. The predicted octanol–water partition coefficient (Wildman–Crippen LogP) is 6.08. The summed E-state index contributed by atoms with van der Waals surface area (Å²) in [5, 5.41) is 3.72. The van der Waals surface area contributed by atoms with Crippen molar-refractivity contribution in [2.45, 2.75) is 25.8 Å². The maximum Gasteiger partial charge on any atom is 0.0633 e. The fraction of sp³-hybridized carbons (Fsp3) is 0.294. The van der Waals surface area contributed by atoms with Gasteiger partial charge in [0.25, 0.3) is 0 Å². The van der Waals surface area contributed by atoms with E-state index in [9.17, 15) is 0 Å². The molecule has 1 atom stereocenters. The summed E-state index contributed by atoms with van der Waals surface area (Å²) in [6.07, 6.45) is 2.63. The Morgan fingerprint density at radius 1 is 1.00 bits per heavy atom. The molecule has 2 aromatic rings. The molecular formula is C17H17Br2N. The molecular weight excluding hydrogens is 378 g/mol. The second kappa shape index (κ2) is 5.90. The summed E-state index contributed by atoms with van der Waals surface area (Å²) in [5.74, 6) is 0.747. The maximum absolute atomic E-state index is 3.72. The molecule has 3 rings (SSSR count). The lowest BCUT2D eigenvalue weighted by atomic mass is 10.0. The maximum atomic E-state index is 3.72. The molecule has 104 valence electrons. The van der Waals surface area contributed by atoms with E-state index in [2.05, 4.69) is 80.5 Å². The van der Waals surface area contributed by atoms with Crippen molar-refractivity contribution in [1.29, 1.82) is 0 Å². The van der Waals surface area contributed by atoms with E-state index in [0.717, 1.165) is 20.6 Å². The summed E-state index contributed by atoms with van der Waals surface area (Å²) >= 11 is 7.27. The minimum atomic E-state index is 0.394. The van der Waals surface area contributed by atoms with Crippen molar-refractivity contribution in [2.75, 3.05) is 5.32 Å². The SMILES string of the molecule is Cc1ccc(C(Nc2c(Br)cccc2Br)C2CC2)cc1. The largest absolute Gasteiger partial charge is 0.376 e. The summed E-state index contributed by atoms with van der Waals surface area (Å²) in [6.45, 7) is 2.13. The molecule has 1 fully saturated rings. The van der Waals surface area contributed by atoms with Crippen LogP contribution in [0, 0.1) is 12.8 Å². The van der Waals surface area contributed by atoms with Crippen LogP contribution in [0.1, 0.15) is 30.0 Å². The highest BCUT2D eigenvalue weighted by molar-refractivity contribution is 9.11. The van der Waals surface area contributed by atoms with Crippen LogP contribution in [0.25, 0.3) is 0 Å². The highest BCUT2D eigenvalue weighted by Crippen LogP contribution is 2.44. The highest BCUT2D eigenvalue weighted by Gasteiger charge is 2.32. The Balaban J connectivity index is 1.90. The lowest BCUT2D eigenvalue weighted by Gasteiger charge is -2.22. The smallest absolute Gasteiger partial charge is 0.0633 e. The van der Waals surface area contributed by atoms with Gasteiger partial charge in [-0.25, -0.2) is 0 Å². The van der Waals surface area contributed by atoms with E-state index in [1.54, 1.807) is 0 Å². The molecule has 0 aliphatic heterocycles. The van der Waals surface area contributed by atoms with Crippen LogP contribution in [-0.2, 0) is 0 Å². The molecule has 1 unspecified atom stereocenters. The third kappa shape index (κ3) is 3.09. The molecule has 1 N–H and O–H groups in total. The Bertz CT molecular complexity index is 583. The van der Waals surface area contributed by atoms with Crippen molar-refractivity contribution in [3.63, 3.8) is 0 Å². The van der Waals surface area contributed by atoms with Crippen LogP contribution in [0.15, 0.2) is 51.4 Å². The monoisotopic (exact) mass is 393 g/mol. The zero-order chi connectivity index (χ0) is 14.1. The van der Waals surface area contributed by atoms with E-state index in [0.29, 0.717) is 6.04 Å². The van der Waals surface area contributed by atoms with Gasteiger partial charge in [0.1, 0.15) is 0 Å². The van der Waals surface area contributed by atoms with E-state index in [1.807, 2.05) is 6.07 Å². The Morgan fingerprint density at radius 3 is 2.15 bits per heavy atom. The van der Waals surface area contributed by atoms with Gasteiger partial charge in [-0.1, -0.05) is 35.9 Å². The Morgan fingerprint density at radius 2 is 1.60 bits per heavy atom. The van der Waals surface area contributed by atoms with Crippen LogP contribution in [0.3, 0.4) is 0 Å². The molecule has 20 heavy (non-hydrogen) atoms. The summed E-state index contributed by atoms with van der Waals surface area (Å²) in [6, 6.07) is 15.5. The molecule has 1 aliphatic carbocycles. The van der Waals surface area contributed by atoms with Gasteiger partial charge in [0, 0.05) is 8.95 Å². The number of anilines is 1. The van der Waals surface area contributed by atoms with Crippen LogP contribution >= 0.6 is 31.9 Å². The predicted molar refractivity (Wildman–Crippen MR) is 92.1 cm³/mol. The molecule has 1 saturated carbocycles. The van der Waals surface area contributed by atoms with Gasteiger partial charge < -0.3 is 5.32 Å². The topological polar surface area (TPSA) is 12.0 Å². The molecule has 3 heteroatoms. The van der Waals surface area contributed by atoms with Crippen molar-refractivity contribution in [3.8, 4) is 0 Å². The molecule has 0 spiro atoms. The Kier molecular flexibility index (Phi) is 4.18. The number of hydrogen-bond donors (Lipinski definition) is 1. The molecule has 0 bridgehead atoms. The summed E-state index contributed by atoms with van der Waals surface area (Å²) in [7, 11) is 0. The first-order valence-corrected chi connectivity index (χ1v) is 8.51. The summed E-state index contributed by atoms with van der Waals surface area (Å²) in [4.78, 5) is 0. The number of aryl methyl sites for hydroxylation is 1. The van der Waals surface area contributed by atoms with Crippen LogP contribution in [0.5, 0.6) is 0 Å². The van der Waals surface area contributed by atoms with Gasteiger partial charge in [-0.3, -0.25) is 0 Å². The van der Waals surface area contributed by atoms with Crippen molar-refractivity contribution < 1.29 is 0 Å². The minimum Gasteiger partial charge on any atom is -0.376 e. The average Bonchev–Trinajstić information content (AvgIpc) is 3.24. The van der Waals surface area contributed by atoms with Crippen LogP contribution in [0.2, 0.25) is 0 Å². The number of para-hydroxylation sites is 1. The van der Waals surface area contributed by atoms with E-state index < -0.39 is 0 Å². The van der Waals surface area contributed by atoms with Crippen molar-refractivity contribution in [1.82, 2.24) is 0 Å². The first-order chi connectivity index (χ1) is 9.65. The van der Waals surface area contributed by atoms with Crippen molar-refractivity contribution in [3.05, 3.63) is 62.5 Å². The van der Waals surface area contributed by atoms with Gasteiger partial charge in [0.15, 0.2) is 0 Å². The lowest BCUT2D eigenvalue weighted by molar-refractivity contribution is 0.678. The van der Waals surface area contributed by atoms with Gasteiger partial charge in [0.2, 0.25) is 0 Å². The Labute approximate surface area is 137 Å². The highest BCUT2D eigenvalue weighted by atomic mass is 79.9. The molecule has 0 amide bonds. The number of rotatable bonds is 4. The van der Waals surface area contributed by atoms with E-state index in [-0.39, 0.29) is 0 Å². The fourth-order valence-corrected chi connectivity index (χ4v) is 3.70. The summed E-state index contributed by atoms with van der Waals surface area (Å²) in [5.41, 5.74) is 3.83. The van der Waals surface area contributed by atoms with Gasteiger partial charge in [-0.2, -0.15) is 0 Å². The summed E-state index contributed by atoms with van der Waals surface area (Å²) < 4.78 is 2.20. The van der Waals surface area contributed by atoms with Gasteiger partial charge in [-0.05, 0) is 75.2 Å². The molecule has 0 radical (unpaired) electrons. The van der Waals surface area contributed by atoms with E-state index in [1.165, 1.54) is 24.0 Å². The molecule has 0 heterocycles. The molecule has 1 nitrogen and oxygen atoms in total. The normalized spacial score (nSPS) is 15.9. The van der Waals surface area contributed by atoms with Crippen LogP contribution < -0.4 is 5.32 Å². The lowest BCUT2D eigenvalue weighted by Crippen LogP contribution is -2.13. The van der Waals surface area contributed by atoms with Gasteiger partial charge in [0.05, 0.1) is 11.7 Å². The van der Waals surface area contributed by atoms with E-state index >= 15 is 0 Å². The minimum absolute atomic E-state index is 0.394. The second-order valence-corrected chi connectivity index (χ2v) is 7.18. The van der Waals surface area contributed by atoms with Crippen LogP contribution in [0.4, 0.5) is 5.69 Å². The quantitative estimate of drug-likeness (QED) is 0.662.